The van der Waals surface area contributed by atoms with Crippen LogP contribution in [0.5, 0.6) is 0 Å². The van der Waals surface area contributed by atoms with E-state index in [1.165, 1.54) is 0 Å². The van der Waals surface area contributed by atoms with Crippen LogP contribution in [-0.2, 0) is 0 Å². The molecule has 1 aliphatic heterocycles. The minimum absolute atomic E-state index is 0.113. The second-order valence-electron chi connectivity index (χ2n) is 6.34. The van der Waals surface area contributed by atoms with Crippen LogP contribution in [0.25, 0.3) is 0 Å². The van der Waals surface area contributed by atoms with Crippen molar-refractivity contribution in [3.05, 3.63) is 33.9 Å². The molecule has 128 valence electrons. The Labute approximate surface area is 137 Å². The Hall–Kier alpha value is -1.70. The summed E-state index contributed by atoms with van der Waals surface area (Å²) in [6.45, 7) is 6.60. The van der Waals surface area contributed by atoms with Gasteiger partial charge in [0.25, 0.3) is 5.69 Å². The van der Waals surface area contributed by atoms with Gasteiger partial charge in [0.2, 0.25) is 0 Å². The Balaban J connectivity index is 1.97. The first-order valence-electron chi connectivity index (χ1n) is 7.92. The number of piperazine rings is 1. The molecular weight excluding hydrogens is 296 g/mol. The van der Waals surface area contributed by atoms with Gasteiger partial charge in [-0.1, -0.05) is 12.1 Å². The van der Waals surface area contributed by atoms with Crippen LogP contribution in [0.1, 0.15) is 5.56 Å². The molecule has 1 aromatic carbocycles. The molecule has 0 amide bonds. The molecule has 1 saturated heterocycles. The van der Waals surface area contributed by atoms with E-state index < -0.39 is 6.10 Å². The molecule has 2 rings (SSSR count). The Morgan fingerprint density at radius 2 is 2.00 bits per heavy atom. The number of para-hydroxylation sites is 1. The molecule has 1 aromatic rings. The van der Waals surface area contributed by atoms with E-state index in [1.807, 2.05) is 0 Å². The van der Waals surface area contributed by atoms with Crippen LogP contribution >= 0.6 is 0 Å². The highest BCUT2D eigenvalue weighted by atomic mass is 16.6. The molecule has 1 aliphatic rings. The predicted octanol–water partition coefficient (Wildman–Crippen LogP) is 0.948. The van der Waals surface area contributed by atoms with Crippen molar-refractivity contribution in [2.24, 2.45) is 0 Å². The van der Waals surface area contributed by atoms with Crippen molar-refractivity contribution in [1.29, 1.82) is 0 Å². The van der Waals surface area contributed by atoms with Gasteiger partial charge in [-0.05, 0) is 20.0 Å². The maximum absolute atomic E-state index is 11.3. The Kier molecular flexibility index (Phi) is 5.92. The zero-order valence-corrected chi connectivity index (χ0v) is 14.1. The summed E-state index contributed by atoms with van der Waals surface area (Å²) in [6, 6.07) is 5.27. The maximum atomic E-state index is 11.3. The topological polar surface area (TPSA) is 73.1 Å². The number of rotatable bonds is 6. The van der Waals surface area contributed by atoms with Crippen molar-refractivity contribution in [2.75, 3.05) is 58.3 Å². The van der Waals surface area contributed by atoms with Crippen LogP contribution in [0.3, 0.4) is 0 Å². The van der Waals surface area contributed by atoms with Gasteiger partial charge in [0, 0.05) is 51.9 Å². The van der Waals surface area contributed by atoms with Gasteiger partial charge in [-0.2, -0.15) is 0 Å². The van der Waals surface area contributed by atoms with Crippen molar-refractivity contribution in [3.8, 4) is 0 Å². The summed E-state index contributed by atoms with van der Waals surface area (Å²) in [6.07, 6.45) is -0.538. The van der Waals surface area contributed by atoms with E-state index in [9.17, 15) is 15.2 Å². The molecule has 0 unspecified atom stereocenters. The average molecular weight is 322 g/mol. The molecule has 0 aromatic heterocycles. The molecular formula is C16H26N4O3. The molecule has 0 radical (unpaired) electrons. The molecule has 0 spiro atoms. The van der Waals surface area contributed by atoms with E-state index in [-0.39, 0.29) is 10.6 Å². The number of nitro benzene ring substituents is 1. The smallest absolute Gasteiger partial charge is 0.295 e. The van der Waals surface area contributed by atoms with Crippen molar-refractivity contribution in [1.82, 2.24) is 9.80 Å². The highest BCUT2D eigenvalue weighted by molar-refractivity contribution is 5.66. The van der Waals surface area contributed by atoms with E-state index in [0.717, 1.165) is 26.2 Å². The summed E-state index contributed by atoms with van der Waals surface area (Å²) in [7, 11) is 3.88. The van der Waals surface area contributed by atoms with E-state index in [1.54, 1.807) is 37.1 Å². The largest absolute Gasteiger partial charge is 0.390 e. The highest BCUT2D eigenvalue weighted by Crippen LogP contribution is 2.30. The number of aryl methyl sites for hydroxylation is 1. The summed E-state index contributed by atoms with van der Waals surface area (Å²) in [5, 5.41) is 21.6. The van der Waals surface area contributed by atoms with Gasteiger partial charge < -0.3 is 14.9 Å². The molecule has 23 heavy (non-hydrogen) atoms. The summed E-state index contributed by atoms with van der Waals surface area (Å²) in [5.41, 5.74) is 1.29. The third-order valence-corrected chi connectivity index (χ3v) is 4.36. The number of β-amino-alcohol motifs (C(OH)–C–C–N with tert-alkyl or cyclic N) is 1. The van der Waals surface area contributed by atoms with Crippen molar-refractivity contribution < 1.29 is 10.0 Å². The first-order valence-corrected chi connectivity index (χ1v) is 7.92. The number of aliphatic hydroxyl groups is 1. The normalized spacial score (nSPS) is 17.9. The monoisotopic (exact) mass is 322 g/mol. The zero-order chi connectivity index (χ0) is 17.0. The van der Waals surface area contributed by atoms with Crippen LogP contribution in [0, 0.1) is 17.0 Å². The number of nitrogens with zero attached hydrogens (tertiary/aromatic N) is 4. The lowest BCUT2D eigenvalue weighted by molar-refractivity contribution is -0.384. The minimum Gasteiger partial charge on any atom is -0.390 e. The average Bonchev–Trinajstić information content (AvgIpc) is 2.48. The van der Waals surface area contributed by atoms with Gasteiger partial charge >= 0.3 is 0 Å². The Morgan fingerprint density at radius 3 is 2.61 bits per heavy atom. The third-order valence-electron chi connectivity index (χ3n) is 4.36. The molecule has 0 bridgehead atoms. The van der Waals surface area contributed by atoms with Gasteiger partial charge in [0.05, 0.1) is 11.0 Å². The van der Waals surface area contributed by atoms with Gasteiger partial charge in [-0.15, -0.1) is 0 Å². The molecule has 1 heterocycles. The van der Waals surface area contributed by atoms with Crippen molar-refractivity contribution in [2.45, 2.75) is 13.0 Å². The summed E-state index contributed by atoms with van der Waals surface area (Å²) in [4.78, 5) is 17.2. The fourth-order valence-corrected chi connectivity index (χ4v) is 2.99. The van der Waals surface area contributed by atoms with Gasteiger partial charge in [0.1, 0.15) is 5.69 Å². The summed E-state index contributed by atoms with van der Waals surface area (Å²) in [5.74, 6) is 0. The van der Waals surface area contributed by atoms with Crippen LogP contribution < -0.4 is 4.90 Å². The summed E-state index contributed by atoms with van der Waals surface area (Å²) < 4.78 is 0. The molecule has 1 fully saturated rings. The first-order chi connectivity index (χ1) is 10.9. The number of hydrogen-bond donors (Lipinski definition) is 1. The van der Waals surface area contributed by atoms with E-state index in [4.69, 9.17) is 0 Å². The SMILES string of the molecule is Cc1cccc(N(C)C[C@H](O)CN2CCN(C)CC2)c1[N+](=O)[O-]. The first kappa shape index (κ1) is 17.7. The number of nitro groups is 1. The van der Waals surface area contributed by atoms with Crippen molar-refractivity contribution in [3.63, 3.8) is 0 Å². The Morgan fingerprint density at radius 1 is 1.35 bits per heavy atom. The molecule has 7 nitrogen and oxygen atoms in total. The second kappa shape index (κ2) is 7.72. The lowest BCUT2D eigenvalue weighted by atomic mass is 10.1. The lowest BCUT2D eigenvalue weighted by Crippen LogP contribution is -2.48. The zero-order valence-electron chi connectivity index (χ0n) is 14.1. The predicted molar refractivity (Wildman–Crippen MR) is 91.0 cm³/mol. The molecule has 1 N–H and O–H groups in total. The number of likely N-dealkylation sites (N-methyl/N-ethyl adjacent to an activating group) is 2. The molecule has 1 atom stereocenters. The quantitative estimate of drug-likeness (QED) is 0.621. The molecule has 0 saturated carbocycles. The lowest BCUT2D eigenvalue weighted by Gasteiger charge is -2.34. The third kappa shape index (κ3) is 4.63. The van der Waals surface area contributed by atoms with Crippen LogP contribution in [0.4, 0.5) is 11.4 Å². The number of hydrogen-bond acceptors (Lipinski definition) is 6. The van der Waals surface area contributed by atoms with Gasteiger partial charge in [0.15, 0.2) is 0 Å². The standard InChI is InChI=1S/C16H26N4O3/c1-13-5-4-6-15(16(13)20(22)23)18(3)11-14(21)12-19-9-7-17(2)8-10-19/h4-6,14,21H,7-12H2,1-3H3/t14-/m0/s1. The summed E-state index contributed by atoms with van der Waals surface area (Å²) >= 11 is 0. The number of anilines is 1. The molecule has 7 heteroatoms. The van der Waals surface area contributed by atoms with Gasteiger partial charge in [-0.25, -0.2) is 0 Å². The van der Waals surface area contributed by atoms with Gasteiger partial charge in [-0.3, -0.25) is 15.0 Å². The van der Waals surface area contributed by atoms with E-state index in [0.29, 0.717) is 24.3 Å². The minimum atomic E-state index is -0.538. The van der Waals surface area contributed by atoms with Crippen LogP contribution in [-0.4, -0.2) is 79.3 Å². The Bertz CT molecular complexity index is 544. The van der Waals surface area contributed by atoms with Crippen LogP contribution in [0.15, 0.2) is 18.2 Å². The fraction of sp³-hybridized carbons (Fsp3) is 0.625. The van der Waals surface area contributed by atoms with Crippen molar-refractivity contribution >= 4 is 11.4 Å². The highest BCUT2D eigenvalue weighted by Gasteiger charge is 2.23. The van der Waals surface area contributed by atoms with Crippen LogP contribution in [0.2, 0.25) is 0 Å². The number of benzene rings is 1. The number of aliphatic hydroxyl groups excluding tert-OH is 1. The van der Waals surface area contributed by atoms with E-state index >= 15 is 0 Å². The van der Waals surface area contributed by atoms with E-state index in [2.05, 4.69) is 16.8 Å². The molecule has 0 aliphatic carbocycles. The maximum Gasteiger partial charge on any atom is 0.295 e. The second-order valence-corrected chi connectivity index (χ2v) is 6.34. The fourth-order valence-electron chi connectivity index (χ4n) is 2.99.